The van der Waals surface area contributed by atoms with Gasteiger partial charge in [0.25, 0.3) is 5.69 Å². The molecule has 0 amide bonds. The Kier molecular flexibility index (Phi) is 6.33. The van der Waals surface area contributed by atoms with Gasteiger partial charge in [0, 0.05) is 11.6 Å². The van der Waals surface area contributed by atoms with E-state index in [2.05, 4.69) is 0 Å². The SMILES string of the molecule is CCOc1ccc(OCCOC(=O)c2cccc([N+](=O)[O-])c2C)cc1. The third-order valence-electron chi connectivity index (χ3n) is 3.44. The summed E-state index contributed by atoms with van der Waals surface area (Å²) in [5.74, 6) is 0.768. The summed E-state index contributed by atoms with van der Waals surface area (Å²) in [5, 5.41) is 10.9. The Balaban J connectivity index is 1.84. The first-order valence-corrected chi connectivity index (χ1v) is 7.79. The fourth-order valence-electron chi connectivity index (χ4n) is 2.21. The summed E-state index contributed by atoms with van der Waals surface area (Å²) in [4.78, 5) is 22.4. The first-order valence-electron chi connectivity index (χ1n) is 7.79. The van der Waals surface area contributed by atoms with Gasteiger partial charge in [-0.1, -0.05) is 6.07 Å². The first kappa shape index (κ1) is 18.3. The molecule has 0 saturated carbocycles. The number of nitrogens with zero attached hydrogens (tertiary/aromatic N) is 1. The minimum absolute atomic E-state index is 0.0359. The molecule has 0 radical (unpaired) electrons. The predicted octanol–water partition coefficient (Wildman–Crippen LogP) is 3.54. The molecule has 25 heavy (non-hydrogen) atoms. The third kappa shape index (κ3) is 4.94. The summed E-state index contributed by atoms with van der Waals surface area (Å²) in [5.41, 5.74) is 0.347. The smallest absolute Gasteiger partial charge is 0.338 e. The van der Waals surface area contributed by atoms with Crippen molar-refractivity contribution in [3.05, 3.63) is 63.7 Å². The van der Waals surface area contributed by atoms with Crippen LogP contribution in [0.15, 0.2) is 42.5 Å². The number of hydrogen-bond donors (Lipinski definition) is 0. The number of benzene rings is 2. The third-order valence-corrected chi connectivity index (χ3v) is 3.44. The highest BCUT2D eigenvalue weighted by Crippen LogP contribution is 2.22. The van der Waals surface area contributed by atoms with Crippen LogP contribution in [0.5, 0.6) is 11.5 Å². The Bertz CT molecular complexity index is 742. The molecule has 0 aromatic heterocycles. The largest absolute Gasteiger partial charge is 0.494 e. The molecule has 0 atom stereocenters. The van der Waals surface area contributed by atoms with Crippen molar-refractivity contribution in [2.75, 3.05) is 19.8 Å². The van der Waals surface area contributed by atoms with Crippen molar-refractivity contribution in [3.63, 3.8) is 0 Å². The molecule has 0 heterocycles. The molecule has 2 aromatic rings. The molecule has 132 valence electrons. The second-order valence-corrected chi connectivity index (χ2v) is 5.10. The highest BCUT2D eigenvalue weighted by Gasteiger charge is 2.18. The number of carbonyl (C=O) groups excluding carboxylic acids is 1. The number of carbonyl (C=O) groups is 1. The van der Waals surface area contributed by atoms with Crippen molar-refractivity contribution >= 4 is 11.7 Å². The predicted molar refractivity (Wildman–Crippen MR) is 91.2 cm³/mol. The molecule has 0 bridgehead atoms. The van der Waals surface area contributed by atoms with Gasteiger partial charge in [0.2, 0.25) is 0 Å². The molecular formula is C18H19NO6. The van der Waals surface area contributed by atoms with E-state index in [1.54, 1.807) is 24.3 Å². The maximum absolute atomic E-state index is 12.1. The van der Waals surface area contributed by atoms with E-state index in [1.807, 2.05) is 6.92 Å². The quantitative estimate of drug-likeness (QED) is 0.315. The summed E-state index contributed by atoms with van der Waals surface area (Å²) in [7, 11) is 0. The summed E-state index contributed by atoms with van der Waals surface area (Å²) < 4.78 is 15.9. The number of hydrogen-bond acceptors (Lipinski definition) is 6. The number of nitro groups is 1. The first-order chi connectivity index (χ1) is 12.0. The molecule has 2 rings (SSSR count). The maximum atomic E-state index is 12.1. The van der Waals surface area contributed by atoms with Crippen LogP contribution in [0.2, 0.25) is 0 Å². The van der Waals surface area contributed by atoms with Crippen molar-refractivity contribution in [2.45, 2.75) is 13.8 Å². The number of ether oxygens (including phenoxy) is 3. The molecule has 7 nitrogen and oxygen atoms in total. The minimum Gasteiger partial charge on any atom is -0.494 e. The van der Waals surface area contributed by atoms with Crippen molar-refractivity contribution in [1.29, 1.82) is 0 Å². The van der Waals surface area contributed by atoms with Crippen LogP contribution in [0.25, 0.3) is 0 Å². The lowest BCUT2D eigenvalue weighted by Crippen LogP contribution is -2.13. The van der Waals surface area contributed by atoms with E-state index < -0.39 is 10.9 Å². The van der Waals surface area contributed by atoms with Gasteiger partial charge in [-0.05, 0) is 44.2 Å². The number of rotatable bonds is 8. The second kappa shape index (κ2) is 8.68. The Morgan fingerprint density at radius 1 is 1.04 bits per heavy atom. The lowest BCUT2D eigenvalue weighted by Gasteiger charge is -2.09. The van der Waals surface area contributed by atoms with Crippen LogP contribution >= 0.6 is 0 Å². The Labute approximate surface area is 145 Å². The zero-order valence-electron chi connectivity index (χ0n) is 14.1. The summed E-state index contributed by atoms with van der Waals surface area (Å²) in [6, 6.07) is 11.4. The van der Waals surface area contributed by atoms with Crippen molar-refractivity contribution in [3.8, 4) is 11.5 Å². The molecule has 0 N–H and O–H groups in total. The number of nitro benzene ring substituents is 1. The van der Waals surface area contributed by atoms with E-state index >= 15 is 0 Å². The zero-order valence-corrected chi connectivity index (χ0v) is 14.1. The number of esters is 1. The van der Waals surface area contributed by atoms with E-state index in [0.717, 1.165) is 5.75 Å². The Hall–Kier alpha value is -3.09. The summed E-state index contributed by atoms with van der Waals surface area (Å²) in [6.07, 6.45) is 0. The monoisotopic (exact) mass is 345 g/mol. The fraction of sp³-hybridized carbons (Fsp3) is 0.278. The van der Waals surface area contributed by atoms with Crippen molar-refractivity contribution < 1.29 is 23.9 Å². The maximum Gasteiger partial charge on any atom is 0.338 e. The molecule has 0 saturated heterocycles. The average molecular weight is 345 g/mol. The standard InChI is InChI=1S/C18H19NO6/c1-3-23-14-7-9-15(10-8-14)24-11-12-25-18(20)16-5-4-6-17(13(16)2)19(21)22/h4-10H,3,11-12H2,1-2H3. The normalized spacial score (nSPS) is 10.2. The highest BCUT2D eigenvalue weighted by atomic mass is 16.6. The second-order valence-electron chi connectivity index (χ2n) is 5.10. The topological polar surface area (TPSA) is 87.9 Å². The van der Waals surface area contributed by atoms with E-state index in [-0.39, 0.29) is 30.0 Å². The molecule has 0 aliphatic rings. The van der Waals surface area contributed by atoms with Crippen LogP contribution in [0, 0.1) is 17.0 Å². The van der Waals surface area contributed by atoms with Gasteiger partial charge in [0.15, 0.2) is 0 Å². The molecule has 0 fully saturated rings. The minimum atomic E-state index is -0.614. The molecule has 0 unspecified atom stereocenters. The van der Waals surface area contributed by atoms with Gasteiger partial charge in [-0.3, -0.25) is 10.1 Å². The van der Waals surface area contributed by atoms with E-state index in [1.165, 1.54) is 25.1 Å². The highest BCUT2D eigenvalue weighted by molar-refractivity contribution is 5.92. The van der Waals surface area contributed by atoms with Gasteiger partial charge in [0.1, 0.15) is 24.7 Å². The lowest BCUT2D eigenvalue weighted by atomic mass is 10.1. The molecular weight excluding hydrogens is 326 g/mol. The van der Waals surface area contributed by atoms with Crippen molar-refractivity contribution in [1.82, 2.24) is 0 Å². The fourth-order valence-corrected chi connectivity index (χ4v) is 2.21. The Morgan fingerprint density at radius 2 is 1.68 bits per heavy atom. The van der Waals surface area contributed by atoms with Gasteiger partial charge < -0.3 is 14.2 Å². The van der Waals surface area contributed by atoms with Crippen LogP contribution in [-0.2, 0) is 4.74 Å². The van der Waals surface area contributed by atoms with Gasteiger partial charge in [-0.2, -0.15) is 0 Å². The molecule has 7 heteroatoms. The molecule has 2 aromatic carbocycles. The molecule has 0 spiro atoms. The molecule has 0 aliphatic heterocycles. The van der Waals surface area contributed by atoms with E-state index in [9.17, 15) is 14.9 Å². The Morgan fingerprint density at radius 3 is 2.28 bits per heavy atom. The zero-order chi connectivity index (χ0) is 18.2. The summed E-state index contributed by atoms with van der Waals surface area (Å²) >= 11 is 0. The van der Waals surface area contributed by atoms with Crippen LogP contribution in [0.3, 0.4) is 0 Å². The van der Waals surface area contributed by atoms with Crippen LogP contribution in [0.1, 0.15) is 22.8 Å². The molecule has 0 aliphatic carbocycles. The van der Waals surface area contributed by atoms with Gasteiger partial charge in [-0.25, -0.2) is 4.79 Å². The van der Waals surface area contributed by atoms with Gasteiger partial charge in [-0.15, -0.1) is 0 Å². The van der Waals surface area contributed by atoms with Crippen LogP contribution in [0.4, 0.5) is 5.69 Å². The average Bonchev–Trinajstić information content (AvgIpc) is 2.60. The summed E-state index contributed by atoms with van der Waals surface area (Å²) in [6.45, 7) is 4.22. The van der Waals surface area contributed by atoms with E-state index in [4.69, 9.17) is 14.2 Å². The lowest BCUT2D eigenvalue weighted by molar-refractivity contribution is -0.385. The van der Waals surface area contributed by atoms with Gasteiger partial charge in [0.05, 0.1) is 17.1 Å². The van der Waals surface area contributed by atoms with Crippen LogP contribution < -0.4 is 9.47 Å². The van der Waals surface area contributed by atoms with Crippen LogP contribution in [-0.4, -0.2) is 30.7 Å². The van der Waals surface area contributed by atoms with Gasteiger partial charge >= 0.3 is 5.97 Å². The van der Waals surface area contributed by atoms with Crippen molar-refractivity contribution in [2.24, 2.45) is 0 Å². The van der Waals surface area contributed by atoms with E-state index in [0.29, 0.717) is 12.4 Å².